The van der Waals surface area contributed by atoms with E-state index in [9.17, 15) is 0 Å². The van der Waals surface area contributed by atoms with Crippen molar-refractivity contribution in [2.24, 2.45) is 0 Å². The number of allylic oxidation sites excluding steroid dienone is 2. The first-order valence-corrected chi connectivity index (χ1v) is 1.32. The predicted molar refractivity (Wildman–Crippen MR) is 20.5 cm³/mol. The lowest BCUT2D eigenvalue weighted by Crippen LogP contribution is -1.26. The van der Waals surface area contributed by atoms with Gasteiger partial charge in [-0.05, 0) is 13.8 Å². The zero-order chi connectivity index (χ0) is 4.12. The van der Waals surface area contributed by atoms with E-state index < -0.39 is 0 Å². The molecule has 0 rings (SSSR count). The third-order valence-electron chi connectivity index (χ3n) is 0.236. The highest BCUT2D eigenvalue weighted by Gasteiger charge is 1.34. The van der Waals surface area contributed by atoms with Gasteiger partial charge in [-0.3, -0.25) is 0 Å². The maximum Gasteiger partial charge on any atom is 0.0273 e. The van der Waals surface area contributed by atoms with Gasteiger partial charge < -0.3 is 0 Å². The van der Waals surface area contributed by atoms with Gasteiger partial charge in [-0.25, -0.2) is 0 Å². The molecule has 0 aromatic rings. The lowest BCUT2D eigenvalue weighted by molar-refractivity contribution is 1.64. The molecule has 0 spiro atoms. The molecular formula is C4H8. The zero-order valence-electron chi connectivity index (χ0n) is 3.86. The van der Waals surface area contributed by atoms with Crippen LogP contribution in [0.5, 0.6) is 0 Å². The summed E-state index contributed by atoms with van der Waals surface area (Å²) in [5.41, 5.74) is 0. The maximum atomic E-state index is 6.52. The van der Waals surface area contributed by atoms with Crippen LogP contribution in [0.4, 0.5) is 0 Å². The SMILES string of the molecule is [2H]C/C=C\C. The molecule has 4 heavy (non-hydrogen) atoms. The molecular weight excluding hydrogens is 48.0 g/mol. The second kappa shape index (κ2) is 2.74. The molecule has 0 bridgehead atoms. The van der Waals surface area contributed by atoms with Crippen molar-refractivity contribution in [3.63, 3.8) is 0 Å². The van der Waals surface area contributed by atoms with E-state index in [-0.39, 0.29) is 0 Å². The van der Waals surface area contributed by atoms with Gasteiger partial charge in [0.15, 0.2) is 0 Å². The molecule has 0 aliphatic heterocycles. The van der Waals surface area contributed by atoms with Crippen LogP contribution in [0.15, 0.2) is 12.2 Å². The fraction of sp³-hybridized carbons (Fsp3) is 0.500. The lowest BCUT2D eigenvalue weighted by atomic mass is 10.6. The zero-order valence-corrected chi connectivity index (χ0v) is 2.86. The summed E-state index contributed by atoms with van der Waals surface area (Å²) in [6.45, 7) is 2.32. The van der Waals surface area contributed by atoms with Gasteiger partial charge in [-0.15, -0.1) is 0 Å². The van der Waals surface area contributed by atoms with Crippen LogP contribution in [0, 0.1) is 0 Å². The van der Waals surface area contributed by atoms with Crippen molar-refractivity contribution in [2.45, 2.75) is 13.8 Å². The molecule has 0 heterocycles. The fourth-order valence-corrected chi connectivity index (χ4v) is 0. The third-order valence-corrected chi connectivity index (χ3v) is 0.236. The van der Waals surface area contributed by atoms with Crippen molar-refractivity contribution in [1.29, 1.82) is 0 Å². The predicted octanol–water partition coefficient (Wildman–Crippen LogP) is 1.58. The van der Waals surface area contributed by atoms with E-state index in [2.05, 4.69) is 0 Å². The van der Waals surface area contributed by atoms with E-state index in [1.165, 1.54) is 0 Å². The Morgan fingerprint density at radius 3 is 2.50 bits per heavy atom. The minimum Gasteiger partial charge on any atom is -0.0919 e. The van der Waals surface area contributed by atoms with Gasteiger partial charge in [0, 0.05) is 1.37 Å². The Kier molecular flexibility index (Phi) is 1.38. The van der Waals surface area contributed by atoms with Crippen molar-refractivity contribution >= 4 is 0 Å². The molecule has 0 saturated carbocycles. The number of hydrogen-bond donors (Lipinski definition) is 0. The maximum absolute atomic E-state index is 6.52. The summed E-state index contributed by atoms with van der Waals surface area (Å²) in [4.78, 5) is 0. The van der Waals surface area contributed by atoms with Gasteiger partial charge >= 0.3 is 0 Å². The molecule has 0 N–H and O–H groups in total. The van der Waals surface area contributed by atoms with Gasteiger partial charge in [0.1, 0.15) is 0 Å². The van der Waals surface area contributed by atoms with Gasteiger partial charge in [-0.1, -0.05) is 12.2 Å². The van der Waals surface area contributed by atoms with Crippen LogP contribution in [0.2, 0.25) is 0 Å². The smallest absolute Gasteiger partial charge is 0.0273 e. The monoisotopic (exact) mass is 57.1 g/mol. The van der Waals surface area contributed by atoms with E-state index in [1.807, 2.05) is 13.0 Å². The molecule has 0 nitrogen and oxygen atoms in total. The normalized spacial score (nSPS) is 12.8. The molecule has 0 unspecified atom stereocenters. The molecule has 0 fully saturated rings. The minimum absolute atomic E-state index is 0.413. The lowest BCUT2D eigenvalue weighted by Gasteiger charge is -1.49. The highest BCUT2D eigenvalue weighted by atomic mass is 13.4. The van der Waals surface area contributed by atoms with Gasteiger partial charge in [0.05, 0.1) is 0 Å². The molecule has 24 valence electrons. The van der Waals surface area contributed by atoms with Gasteiger partial charge in [0.2, 0.25) is 0 Å². The van der Waals surface area contributed by atoms with Crippen molar-refractivity contribution < 1.29 is 1.37 Å². The van der Waals surface area contributed by atoms with E-state index in [0.29, 0.717) is 6.90 Å². The Morgan fingerprint density at radius 1 is 1.75 bits per heavy atom. The quantitative estimate of drug-likeness (QED) is 0.370. The Morgan fingerprint density at radius 2 is 2.50 bits per heavy atom. The average Bonchev–Trinajstić information content (AvgIpc) is 1.41. The van der Waals surface area contributed by atoms with E-state index in [4.69, 9.17) is 1.37 Å². The van der Waals surface area contributed by atoms with Crippen molar-refractivity contribution in [3.8, 4) is 0 Å². The standard InChI is InChI=1S/C4H8/c1-3-4-2/h3-4H,1-2H3/b4-3-/i1D. The summed E-state index contributed by atoms with van der Waals surface area (Å²) >= 11 is 0. The van der Waals surface area contributed by atoms with Crippen molar-refractivity contribution in [2.75, 3.05) is 0 Å². The molecule has 0 radical (unpaired) electrons. The van der Waals surface area contributed by atoms with E-state index in [0.717, 1.165) is 0 Å². The molecule has 0 amide bonds. The Labute approximate surface area is 28.5 Å². The van der Waals surface area contributed by atoms with Crippen LogP contribution in [0.25, 0.3) is 0 Å². The second-order valence-corrected chi connectivity index (χ2v) is 0.569. The summed E-state index contributed by atoms with van der Waals surface area (Å²) < 4.78 is 6.52. The molecule has 0 aromatic carbocycles. The Bertz CT molecular complexity index is 30.6. The van der Waals surface area contributed by atoms with Crippen LogP contribution in [0.3, 0.4) is 0 Å². The molecule has 0 heteroatoms. The highest BCUT2D eigenvalue weighted by molar-refractivity contribution is 4.68. The first-order valence-electron chi connectivity index (χ1n) is 2.03. The summed E-state index contributed by atoms with van der Waals surface area (Å²) in [7, 11) is 0. The van der Waals surface area contributed by atoms with Crippen molar-refractivity contribution in [3.05, 3.63) is 12.2 Å². The summed E-state index contributed by atoms with van der Waals surface area (Å²) in [5, 5.41) is 0. The molecule has 0 atom stereocenters. The number of hydrogen-bond acceptors (Lipinski definition) is 0. The van der Waals surface area contributed by atoms with Crippen LogP contribution in [-0.4, -0.2) is 0 Å². The van der Waals surface area contributed by atoms with E-state index >= 15 is 0 Å². The highest BCUT2D eigenvalue weighted by Crippen LogP contribution is 1.57. The third kappa shape index (κ3) is 1.74. The molecule has 0 saturated heterocycles. The van der Waals surface area contributed by atoms with Crippen LogP contribution in [-0.2, 0) is 0 Å². The first kappa shape index (κ1) is 2.01. The minimum atomic E-state index is 0.413. The summed E-state index contributed by atoms with van der Waals surface area (Å²) in [5.74, 6) is 0. The van der Waals surface area contributed by atoms with Crippen LogP contribution < -0.4 is 0 Å². The molecule has 0 aliphatic carbocycles. The topological polar surface area (TPSA) is 0 Å². The fourth-order valence-electron chi connectivity index (χ4n) is 0. The Hall–Kier alpha value is -0.260. The first-order chi connectivity index (χ1) is 2.41. The average molecular weight is 57.1 g/mol. The summed E-state index contributed by atoms with van der Waals surface area (Å²) in [6.07, 6.45) is 3.66. The van der Waals surface area contributed by atoms with Crippen LogP contribution >= 0.6 is 0 Å². The second-order valence-electron chi connectivity index (χ2n) is 0.569. The number of rotatable bonds is 0. The summed E-state index contributed by atoms with van der Waals surface area (Å²) in [6, 6.07) is 0. The molecule has 0 aromatic heterocycles. The van der Waals surface area contributed by atoms with Gasteiger partial charge in [0.25, 0.3) is 0 Å². The largest absolute Gasteiger partial charge is 0.0919 e. The Balaban J connectivity index is 2.62. The van der Waals surface area contributed by atoms with Gasteiger partial charge in [-0.2, -0.15) is 0 Å². The molecule has 0 aliphatic rings. The van der Waals surface area contributed by atoms with Crippen LogP contribution in [0.1, 0.15) is 15.2 Å². The van der Waals surface area contributed by atoms with E-state index in [1.54, 1.807) is 6.08 Å². The van der Waals surface area contributed by atoms with Crippen molar-refractivity contribution in [1.82, 2.24) is 0 Å².